The number of hydrogen-bond acceptors (Lipinski definition) is 5. The van der Waals surface area contributed by atoms with E-state index in [0.717, 1.165) is 23.2 Å². The minimum atomic E-state index is -3.56. The molecule has 1 aromatic carbocycles. The van der Waals surface area contributed by atoms with Crippen molar-refractivity contribution in [2.24, 2.45) is 0 Å². The first-order chi connectivity index (χ1) is 11.5. The first kappa shape index (κ1) is 17.1. The first-order valence-corrected chi connectivity index (χ1v) is 10.1. The van der Waals surface area contributed by atoms with Crippen LogP contribution in [0.15, 0.2) is 34.0 Å². The van der Waals surface area contributed by atoms with Gasteiger partial charge in [0.2, 0.25) is 15.9 Å². The second-order valence-electron chi connectivity index (χ2n) is 5.75. The van der Waals surface area contributed by atoms with E-state index < -0.39 is 10.0 Å². The third kappa shape index (κ3) is 3.82. The van der Waals surface area contributed by atoms with Gasteiger partial charge in [-0.1, -0.05) is 6.07 Å². The average Bonchev–Trinajstić information content (AvgIpc) is 3.07. The molecular formula is C16H19N3O3S2. The van der Waals surface area contributed by atoms with Gasteiger partial charge in [0, 0.05) is 38.4 Å². The Bertz CT molecular complexity index is 832. The second-order valence-corrected chi connectivity index (χ2v) is 8.23. The van der Waals surface area contributed by atoms with Crippen LogP contribution in [0.5, 0.6) is 0 Å². The first-order valence-electron chi connectivity index (χ1n) is 7.70. The Hall–Kier alpha value is -1.77. The van der Waals surface area contributed by atoms with E-state index in [-0.39, 0.29) is 10.8 Å². The maximum atomic E-state index is 12.5. The number of fused-ring (bicyclic) bond motifs is 1. The van der Waals surface area contributed by atoms with E-state index in [1.54, 1.807) is 22.5 Å². The molecule has 0 radical (unpaired) electrons. The van der Waals surface area contributed by atoms with Crippen molar-refractivity contribution in [3.63, 3.8) is 0 Å². The van der Waals surface area contributed by atoms with Crippen molar-refractivity contribution in [2.45, 2.75) is 31.2 Å². The second kappa shape index (κ2) is 7.00. The fourth-order valence-electron chi connectivity index (χ4n) is 2.73. The Balaban J connectivity index is 1.71. The van der Waals surface area contributed by atoms with Crippen molar-refractivity contribution in [2.75, 3.05) is 13.1 Å². The lowest BCUT2D eigenvalue weighted by molar-refractivity contribution is -0.129. The van der Waals surface area contributed by atoms with E-state index >= 15 is 0 Å². The lowest BCUT2D eigenvalue weighted by Gasteiger charge is -2.28. The van der Waals surface area contributed by atoms with Crippen LogP contribution in [-0.2, 0) is 34.2 Å². The molecule has 8 heteroatoms. The number of hydrogen-bond donors (Lipinski definition) is 1. The number of nitrogens with one attached hydrogen (secondary N) is 1. The van der Waals surface area contributed by atoms with Gasteiger partial charge in [-0.2, -0.15) is 0 Å². The summed E-state index contributed by atoms with van der Waals surface area (Å²) in [6, 6.07) is 5.16. The van der Waals surface area contributed by atoms with Gasteiger partial charge >= 0.3 is 0 Å². The fraction of sp³-hybridized carbons (Fsp3) is 0.375. The van der Waals surface area contributed by atoms with Crippen LogP contribution in [0, 0.1) is 0 Å². The van der Waals surface area contributed by atoms with Gasteiger partial charge in [-0.25, -0.2) is 18.1 Å². The molecule has 0 aliphatic carbocycles. The maximum Gasteiger partial charge on any atom is 0.240 e. The molecule has 1 N–H and O–H groups in total. The highest BCUT2D eigenvalue weighted by atomic mass is 32.2. The number of sulfonamides is 1. The molecule has 0 saturated heterocycles. The van der Waals surface area contributed by atoms with E-state index in [9.17, 15) is 13.2 Å². The molecule has 0 unspecified atom stereocenters. The summed E-state index contributed by atoms with van der Waals surface area (Å²) < 4.78 is 27.5. The predicted molar refractivity (Wildman–Crippen MR) is 92.2 cm³/mol. The molecule has 2 aromatic rings. The van der Waals surface area contributed by atoms with Crippen molar-refractivity contribution < 1.29 is 13.2 Å². The minimum Gasteiger partial charge on any atom is -0.338 e. The number of aromatic nitrogens is 1. The Kier molecular flexibility index (Phi) is 4.98. The van der Waals surface area contributed by atoms with E-state index in [1.165, 1.54) is 18.3 Å². The summed E-state index contributed by atoms with van der Waals surface area (Å²) >= 11 is 1.49. The Morgan fingerprint density at radius 2 is 2.21 bits per heavy atom. The molecule has 6 nitrogen and oxygen atoms in total. The van der Waals surface area contributed by atoms with Crippen LogP contribution in [0.2, 0.25) is 0 Å². The minimum absolute atomic E-state index is 0.00954. The van der Waals surface area contributed by atoms with Crippen LogP contribution >= 0.6 is 11.3 Å². The Morgan fingerprint density at radius 3 is 2.92 bits per heavy atom. The van der Waals surface area contributed by atoms with E-state index in [0.29, 0.717) is 26.1 Å². The third-order valence-corrected chi connectivity index (χ3v) is 6.20. The highest BCUT2D eigenvalue weighted by molar-refractivity contribution is 7.89. The highest BCUT2D eigenvalue weighted by Crippen LogP contribution is 2.22. The standard InChI is InChI=1S/C16H19N3O3S2/c1-12(20)19-7-5-13-2-3-16(8-14(13)9-19)24(21,22)18-6-4-15-10-23-11-17-15/h2-3,8,10-11,18H,4-7,9H2,1H3. The topological polar surface area (TPSA) is 79.4 Å². The van der Waals surface area contributed by atoms with E-state index in [1.807, 2.05) is 11.4 Å². The molecule has 24 heavy (non-hydrogen) atoms. The molecule has 3 rings (SSSR count). The van der Waals surface area contributed by atoms with Crippen molar-refractivity contribution >= 4 is 27.3 Å². The number of benzene rings is 1. The SMILES string of the molecule is CC(=O)N1CCc2ccc(S(=O)(=O)NCCc3cscn3)cc2C1. The summed E-state index contributed by atoms with van der Waals surface area (Å²) in [4.78, 5) is 17.6. The number of thiazole rings is 1. The van der Waals surface area contributed by atoms with Gasteiger partial charge in [-0.05, 0) is 29.7 Å². The van der Waals surface area contributed by atoms with Crippen LogP contribution in [-0.4, -0.2) is 37.3 Å². The maximum absolute atomic E-state index is 12.5. The van der Waals surface area contributed by atoms with Gasteiger partial charge in [0.1, 0.15) is 0 Å². The zero-order valence-corrected chi connectivity index (χ0v) is 15.0. The molecule has 0 saturated carbocycles. The number of rotatable bonds is 5. The van der Waals surface area contributed by atoms with Gasteiger partial charge in [-0.3, -0.25) is 4.79 Å². The van der Waals surface area contributed by atoms with Crippen molar-refractivity contribution in [3.8, 4) is 0 Å². The monoisotopic (exact) mass is 365 g/mol. The van der Waals surface area contributed by atoms with E-state index in [2.05, 4.69) is 9.71 Å². The van der Waals surface area contributed by atoms with Crippen LogP contribution in [0.1, 0.15) is 23.7 Å². The van der Waals surface area contributed by atoms with Crippen molar-refractivity contribution in [1.29, 1.82) is 0 Å². The summed E-state index contributed by atoms with van der Waals surface area (Å²) in [7, 11) is -3.56. The largest absolute Gasteiger partial charge is 0.338 e. The molecule has 0 fully saturated rings. The Labute approximate surface area is 145 Å². The number of nitrogens with zero attached hydrogens (tertiary/aromatic N) is 2. The van der Waals surface area contributed by atoms with Crippen LogP contribution < -0.4 is 4.72 Å². The summed E-state index contributed by atoms with van der Waals surface area (Å²) in [5, 5.41) is 1.91. The smallest absolute Gasteiger partial charge is 0.240 e. The summed E-state index contributed by atoms with van der Waals surface area (Å²) in [5.74, 6) is 0.00954. The quantitative estimate of drug-likeness (QED) is 0.872. The van der Waals surface area contributed by atoms with Gasteiger partial charge in [0.15, 0.2) is 0 Å². The molecule has 1 aromatic heterocycles. The number of carbonyl (C=O) groups is 1. The molecule has 2 heterocycles. The number of amides is 1. The van der Waals surface area contributed by atoms with Crippen molar-refractivity contribution in [1.82, 2.24) is 14.6 Å². The fourth-order valence-corrected chi connectivity index (χ4v) is 4.40. The zero-order valence-electron chi connectivity index (χ0n) is 13.4. The summed E-state index contributed by atoms with van der Waals surface area (Å²) in [5.41, 5.74) is 4.62. The van der Waals surface area contributed by atoms with Crippen molar-refractivity contribution in [3.05, 3.63) is 45.9 Å². The predicted octanol–water partition coefficient (Wildman–Crippen LogP) is 1.57. The molecule has 0 atom stereocenters. The summed E-state index contributed by atoms with van der Waals surface area (Å²) in [6.45, 7) is 2.99. The van der Waals surface area contributed by atoms with Gasteiger partial charge in [-0.15, -0.1) is 11.3 Å². The Morgan fingerprint density at radius 1 is 1.38 bits per heavy atom. The van der Waals surface area contributed by atoms with Gasteiger partial charge in [0.05, 0.1) is 16.1 Å². The molecule has 1 aliphatic heterocycles. The van der Waals surface area contributed by atoms with E-state index in [4.69, 9.17) is 0 Å². The highest BCUT2D eigenvalue weighted by Gasteiger charge is 2.21. The molecule has 0 bridgehead atoms. The van der Waals surface area contributed by atoms with Crippen LogP contribution in [0.25, 0.3) is 0 Å². The molecule has 1 aliphatic rings. The van der Waals surface area contributed by atoms with Gasteiger partial charge < -0.3 is 4.90 Å². The normalized spacial score (nSPS) is 14.5. The summed E-state index contributed by atoms with van der Waals surface area (Å²) in [6.07, 6.45) is 1.32. The van der Waals surface area contributed by atoms with Crippen LogP contribution in [0.4, 0.5) is 0 Å². The molecular weight excluding hydrogens is 346 g/mol. The lowest BCUT2D eigenvalue weighted by Crippen LogP contribution is -2.34. The average molecular weight is 365 g/mol. The van der Waals surface area contributed by atoms with Crippen LogP contribution in [0.3, 0.4) is 0 Å². The third-order valence-electron chi connectivity index (χ3n) is 4.10. The lowest BCUT2D eigenvalue weighted by atomic mass is 10.00. The molecule has 0 spiro atoms. The molecule has 1 amide bonds. The molecule has 128 valence electrons. The zero-order chi connectivity index (χ0) is 17.2. The van der Waals surface area contributed by atoms with Gasteiger partial charge in [0.25, 0.3) is 0 Å². The number of carbonyl (C=O) groups excluding carboxylic acids is 1.